The molecule has 0 unspecified atom stereocenters. The van der Waals surface area contributed by atoms with E-state index >= 15 is 0 Å². The lowest BCUT2D eigenvalue weighted by molar-refractivity contribution is -0.126. The molecule has 1 aliphatic heterocycles. The zero-order valence-electron chi connectivity index (χ0n) is 16.8. The number of sulfonamides is 1. The molecule has 0 spiro atoms. The lowest BCUT2D eigenvalue weighted by Gasteiger charge is -2.29. The van der Waals surface area contributed by atoms with Gasteiger partial charge in [0, 0.05) is 37.6 Å². The molecular weight excluding hydrogens is 390 g/mol. The van der Waals surface area contributed by atoms with Crippen LogP contribution < -0.4 is 9.46 Å². The van der Waals surface area contributed by atoms with E-state index in [0.717, 1.165) is 40.0 Å². The fourth-order valence-corrected chi connectivity index (χ4v) is 3.74. The zero-order chi connectivity index (χ0) is 21.0. The number of carbonyl (C=O) groups excluding carboxylic acids is 1. The minimum absolute atomic E-state index is 0.0668. The summed E-state index contributed by atoms with van der Waals surface area (Å²) in [5.41, 5.74) is 4.66. The van der Waals surface area contributed by atoms with E-state index in [1.807, 2.05) is 31.2 Å². The molecule has 0 saturated heterocycles. The second kappa shape index (κ2) is 8.75. The maximum absolute atomic E-state index is 12.6. The van der Waals surface area contributed by atoms with Crippen LogP contribution >= 0.6 is 0 Å². The van der Waals surface area contributed by atoms with Gasteiger partial charge >= 0.3 is 0 Å². The largest absolute Gasteiger partial charge is 0.497 e. The highest BCUT2D eigenvalue weighted by Crippen LogP contribution is 2.24. The van der Waals surface area contributed by atoms with Crippen molar-refractivity contribution in [2.24, 2.45) is 0 Å². The first-order valence-electron chi connectivity index (χ1n) is 9.29. The Balaban J connectivity index is 1.71. The van der Waals surface area contributed by atoms with Gasteiger partial charge in [-0.25, -0.2) is 13.1 Å². The summed E-state index contributed by atoms with van der Waals surface area (Å²) in [5, 5.41) is 0. The average molecular weight is 416 g/mol. The zero-order valence-corrected chi connectivity index (χ0v) is 17.6. The van der Waals surface area contributed by atoms with Gasteiger partial charge in [0.1, 0.15) is 5.75 Å². The predicted octanol–water partition coefficient (Wildman–Crippen LogP) is 2.05. The van der Waals surface area contributed by atoms with Crippen LogP contribution in [0.2, 0.25) is 0 Å². The maximum Gasteiger partial charge on any atom is 0.246 e. The highest BCUT2D eigenvalue weighted by molar-refractivity contribution is 7.88. The Morgan fingerprint density at radius 1 is 1.31 bits per heavy atom. The van der Waals surface area contributed by atoms with E-state index in [2.05, 4.69) is 9.71 Å². The molecule has 1 amide bonds. The van der Waals surface area contributed by atoms with Crippen LogP contribution in [-0.2, 0) is 34.3 Å². The summed E-state index contributed by atoms with van der Waals surface area (Å²) in [7, 11) is -1.67. The normalized spacial score (nSPS) is 14.1. The van der Waals surface area contributed by atoms with Crippen molar-refractivity contribution in [2.45, 2.75) is 26.4 Å². The van der Waals surface area contributed by atoms with Crippen LogP contribution in [0.3, 0.4) is 0 Å². The van der Waals surface area contributed by atoms with Crippen molar-refractivity contribution in [3.8, 4) is 5.75 Å². The maximum atomic E-state index is 12.6. The fourth-order valence-electron chi connectivity index (χ4n) is 3.34. The van der Waals surface area contributed by atoms with Crippen molar-refractivity contribution in [3.05, 3.63) is 64.5 Å². The lowest BCUT2D eigenvalue weighted by atomic mass is 9.95. The Kier molecular flexibility index (Phi) is 6.34. The number of hydrogen-bond donors (Lipinski definition) is 1. The van der Waals surface area contributed by atoms with Gasteiger partial charge in [0.05, 0.1) is 13.4 Å². The molecule has 0 fully saturated rings. The first-order valence-corrected chi connectivity index (χ1v) is 11.2. The molecule has 2 aromatic rings. The van der Waals surface area contributed by atoms with Crippen molar-refractivity contribution in [1.29, 1.82) is 0 Å². The topological polar surface area (TPSA) is 88.6 Å². The number of ether oxygens (including phenoxy) is 1. The smallest absolute Gasteiger partial charge is 0.246 e. The SMILES string of the molecule is COc1ccc(C=CC(=O)N2CCc3c(cnc(C)c3CNS(C)(=O)=O)C2)cc1. The number of nitrogens with one attached hydrogen (secondary N) is 1. The summed E-state index contributed by atoms with van der Waals surface area (Å²) >= 11 is 0. The number of carbonyl (C=O) groups is 1. The molecule has 0 aliphatic carbocycles. The molecular formula is C21H25N3O4S. The predicted molar refractivity (Wildman–Crippen MR) is 112 cm³/mol. The standard InChI is InChI=1S/C21H25N3O4S/c1-15-20(13-23-29(3,26)27)19-10-11-24(14-17(19)12-22-15)21(25)9-6-16-4-7-18(28-2)8-5-16/h4-9,12,23H,10-11,13-14H2,1-3H3. The van der Waals surface area contributed by atoms with Crippen LogP contribution in [-0.4, -0.2) is 44.1 Å². The monoisotopic (exact) mass is 415 g/mol. The number of amides is 1. The molecule has 7 nitrogen and oxygen atoms in total. The van der Waals surface area contributed by atoms with Crippen LogP contribution in [0, 0.1) is 6.92 Å². The number of aryl methyl sites for hydroxylation is 1. The van der Waals surface area contributed by atoms with Crippen LogP contribution in [0.25, 0.3) is 6.08 Å². The van der Waals surface area contributed by atoms with Gasteiger partial charge in [-0.15, -0.1) is 0 Å². The van der Waals surface area contributed by atoms with Gasteiger partial charge < -0.3 is 9.64 Å². The molecule has 8 heteroatoms. The molecule has 154 valence electrons. The highest BCUT2D eigenvalue weighted by Gasteiger charge is 2.23. The van der Waals surface area contributed by atoms with E-state index in [9.17, 15) is 13.2 Å². The third-order valence-corrected chi connectivity index (χ3v) is 5.62. The summed E-state index contributed by atoms with van der Waals surface area (Å²) < 4.78 is 30.6. The Hall–Kier alpha value is -2.71. The minimum Gasteiger partial charge on any atom is -0.497 e. The highest BCUT2D eigenvalue weighted by atomic mass is 32.2. The summed E-state index contributed by atoms with van der Waals surface area (Å²) in [6, 6.07) is 7.48. The third kappa shape index (κ3) is 5.42. The molecule has 1 aromatic carbocycles. The second-order valence-electron chi connectivity index (χ2n) is 7.04. The van der Waals surface area contributed by atoms with Crippen molar-refractivity contribution >= 4 is 22.0 Å². The molecule has 1 aliphatic rings. The van der Waals surface area contributed by atoms with Crippen LogP contribution in [0.1, 0.15) is 27.9 Å². The van der Waals surface area contributed by atoms with Crippen LogP contribution in [0.5, 0.6) is 5.75 Å². The Morgan fingerprint density at radius 3 is 2.69 bits per heavy atom. The van der Waals surface area contributed by atoms with Crippen molar-refractivity contribution < 1.29 is 17.9 Å². The van der Waals surface area contributed by atoms with Gasteiger partial charge in [-0.05, 0) is 53.8 Å². The van der Waals surface area contributed by atoms with Crippen molar-refractivity contribution in [3.63, 3.8) is 0 Å². The summed E-state index contributed by atoms with van der Waals surface area (Å²) in [5.74, 6) is 0.702. The van der Waals surface area contributed by atoms with Gasteiger partial charge in [0.2, 0.25) is 15.9 Å². The number of rotatable bonds is 6. The van der Waals surface area contributed by atoms with Gasteiger partial charge in [0.15, 0.2) is 0 Å². The minimum atomic E-state index is -3.29. The average Bonchev–Trinajstić information content (AvgIpc) is 2.70. The Bertz CT molecular complexity index is 1030. The van der Waals surface area contributed by atoms with Gasteiger partial charge in [0.25, 0.3) is 0 Å². The van der Waals surface area contributed by atoms with Crippen molar-refractivity contribution in [1.82, 2.24) is 14.6 Å². The van der Waals surface area contributed by atoms with Gasteiger partial charge in [-0.2, -0.15) is 0 Å². The number of benzene rings is 1. The summed E-state index contributed by atoms with van der Waals surface area (Å²) in [6.45, 7) is 3.12. The van der Waals surface area contributed by atoms with E-state index in [1.165, 1.54) is 0 Å². The van der Waals surface area contributed by atoms with E-state index in [1.54, 1.807) is 30.4 Å². The lowest BCUT2D eigenvalue weighted by Crippen LogP contribution is -2.36. The van der Waals surface area contributed by atoms with Crippen molar-refractivity contribution in [2.75, 3.05) is 19.9 Å². The van der Waals surface area contributed by atoms with E-state index < -0.39 is 10.0 Å². The molecule has 3 rings (SSSR count). The van der Waals surface area contributed by atoms with Crippen LogP contribution in [0.4, 0.5) is 0 Å². The second-order valence-corrected chi connectivity index (χ2v) is 8.87. The molecule has 1 aromatic heterocycles. The number of fused-ring (bicyclic) bond motifs is 1. The van der Waals surface area contributed by atoms with E-state index in [-0.39, 0.29) is 12.5 Å². The molecule has 2 heterocycles. The number of pyridine rings is 1. The first-order chi connectivity index (χ1) is 13.8. The number of hydrogen-bond acceptors (Lipinski definition) is 5. The quantitative estimate of drug-likeness (QED) is 0.730. The molecule has 29 heavy (non-hydrogen) atoms. The summed E-state index contributed by atoms with van der Waals surface area (Å²) in [4.78, 5) is 18.8. The third-order valence-electron chi connectivity index (χ3n) is 4.95. The number of aromatic nitrogens is 1. The van der Waals surface area contributed by atoms with Gasteiger partial charge in [-0.1, -0.05) is 12.1 Å². The molecule has 0 atom stereocenters. The van der Waals surface area contributed by atoms with Crippen LogP contribution in [0.15, 0.2) is 36.5 Å². The first kappa shape index (κ1) is 21.0. The molecule has 0 radical (unpaired) electrons. The Morgan fingerprint density at radius 2 is 2.03 bits per heavy atom. The molecule has 1 N–H and O–H groups in total. The molecule has 0 saturated carbocycles. The van der Waals surface area contributed by atoms with E-state index in [0.29, 0.717) is 19.5 Å². The number of nitrogens with zero attached hydrogens (tertiary/aromatic N) is 2. The fraction of sp³-hybridized carbons (Fsp3) is 0.333. The van der Waals surface area contributed by atoms with E-state index in [4.69, 9.17) is 4.74 Å². The van der Waals surface area contributed by atoms with Gasteiger partial charge in [-0.3, -0.25) is 9.78 Å². The summed E-state index contributed by atoms with van der Waals surface area (Å²) in [6.07, 6.45) is 6.94. The number of methoxy groups -OCH3 is 1. The Labute approximate surface area is 171 Å². The molecule has 0 bridgehead atoms.